The van der Waals surface area contributed by atoms with Crippen molar-refractivity contribution in [3.8, 4) is 0 Å². The zero-order valence-electron chi connectivity index (χ0n) is 70.7. The summed E-state index contributed by atoms with van der Waals surface area (Å²) in [5.74, 6) is 4.14. The van der Waals surface area contributed by atoms with Crippen LogP contribution in [0.4, 0.5) is 0 Å². The second-order valence-corrected chi connectivity index (χ2v) is 40.1. The fraction of sp³-hybridized carbons (Fsp3) is 0.929. The molecule has 11 fully saturated rings. The minimum Gasteiger partial charge on any atom is -0.379 e. The van der Waals surface area contributed by atoms with E-state index in [0.717, 1.165) is 121 Å². The molecule has 4 N–H and O–H groups in total. The maximum atomic E-state index is 5.28. The van der Waals surface area contributed by atoms with Crippen LogP contribution >= 0.6 is 0 Å². The lowest BCUT2D eigenvalue weighted by Crippen LogP contribution is -2.62. The minimum absolute atomic E-state index is 0.231. The number of nitrogens with one attached hydrogen (secondary N) is 4. The fourth-order valence-corrected chi connectivity index (χ4v) is 16.6. The molecule has 582 valence electrons. The Bertz CT molecular complexity index is 2100. The number of likely N-dealkylation sites (N-methyl/N-ethyl adjacent to an activating group) is 1. The molecule has 0 amide bonds. The first kappa shape index (κ1) is 90.1. The predicted molar refractivity (Wildman–Crippen MR) is 431 cm³/mol. The van der Waals surface area contributed by atoms with Crippen molar-refractivity contribution < 1.29 is 9.47 Å². The Morgan fingerprint density at radius 2 is 0.808 bits per heavy atom. The molecular formula is C85H170N12O2. The third-order valence-corrected chi connectivity index (χ3v) is 22.3. The lowest BCUT2D eigenvalue weighted by molar-refractivity contribution is -0.0309. The molecule has 14 heteroatoms. The number of benzene rings is 1. The van der Waals surface area contributed by atoms with Crippen molar-refractivity contribution in [3.63, 3.8) is 0 Å². The van der Waals surface area contributed by atoms with Crippen LogP contribution in [0.3, 0.4) is 0 Å². The van der Waals surface area contributed by atoms with Crippen molar-refractivity contribution in [1.82, 2.24) is 60.5 Å². The number of hydrogen-bond acceptors (Lipinski definition) is 14. The molecule has 0 atom stereocenters. The number of hydrogen-bond donors (Lipinski definition) is 4. The molecule has 12 rings (SSSR count). The van der Waals surface area contributed by atoms with Crippen molar-refractivity contribution in [3.05, 3.63) is 35.9 Å². The van der Waals surface area contributed by atoms with Gasteiger partial charge in [-0.1, -0.05) is 43.7 Å². The topological polar surface area (TPSA) is 92.5 Å². The number of piperidine rings is 3. The molecule has 1 aromatic carbocycles. The van der Waals surface area contributed by atoms with Gasteiger partial charge in [0.15, 0.2) is 0 Å². The van der Waals surface area contributed by atoms with E-state index in [0.29, 0.717) is 38.8 Å². The average Bonchev–Trinajstić information content (AvgIpc) is 0.747. The van der Waals surface area contributed by atoms with Crippen molar-refractivity contribution in [2.45, 2.75) is 319 Å². The first-order valence-electron chi connectivity index (χ1n) is 41.0. The van der Waals surface area contributed by atoms with Gasteiger partial charge in [0.1, 0.15) is 0 Å². The van der Waals surface area contributed by atoms with Gasteiger partial charge in [-0.2, -0.15) is 0 Å². The number of nitrogens with zero attached hydrogens (tertiary/aromatic N) is 8. The monoisotopic (exact) mass is 1390 g/mol. The summed E-state index contributed by atoms with van der Waals surface area (Å²) in [6, 6.07) is 11.5. The van der Waals surface area contributed by atoms with E-state index in [1.807, 2.05) is 0 Å². The SMILES string of the molecule is CC(C)(C)N1CCC(N2CCCCC2)CC1.CC(C)(C)N1CCNCC1.CC(C)(C)N1CCOCC1.CC(C)(C)NC12CC3CC(CC(C3)C1)C2.CC(C)(C)NCCN1CCOCC1.CC(C)(C)NCCc1ccccc1.CC1CCN(C(C)(C)C)CC1.CN1CCN(C(C)(C)C)CC1. The van der Waals surface area contributed by atoms with Gasteiger partial charge in [0, 0.05) is 161 Å². The maximum Gasteiger partial charge on any atom is 0.0594 e. The Labute approximate surface area is 616 Å². The van der Waals surface area contributed by atoms with E-state index < -0.39 is 0 Å². The van der Waals surface area contributed by atoms with Crippen LogP contribution in [0, 0.1) is 23.7 Å². The smallest absolute Gasteiger partial charge is 0.0594 e. The summed E-state index contributed by atoms with van der Waals surface area (Å²) in [7, 11) is 2.19. The first-order chi connectivity index (χ1) is 45.9. The van der Waals surface area contributed by atoms with E-state index in [2.05, 4.69) is 271 Å². The molecule has 1 aromatic rings. The Morgan fingerprint density at radius 3 is 1.20 bits per heavy atom. The van der Waals surface area contributed by atoms with Gasteiger partial charge in [-0.3, -0.25) is 29.4 Å². The van der Waals surface area contributed by atoms with Crippen LogP contribution in [0.2, 0.25) is 0 Å². The van der Waals surface area contributed by atoms with Crippen LogP contribution < -0.4 is 21.3 Å². The van der Waals surface area contributed by atoms with Crippen LogP contribution in [0.1, 0.15) is 262 Å². The highest BCUT2D eigenvalue weighted by Crippen LogP contribution is 2.56. The van der Waals surface area contributed by atoms with Gasteiger partial charge in [0.05, 0.1) is 26.4 Å². The summed E-state index contributed by atoms with van der Waals surface area (Å²) in [6.45, 7) is 85.6. The lowest BCUT2D eigenvalue weighted by atomic mass is 9.52. The third kappa shape index (κ3) is 38.7. The van der Waals surface area contributed by atoms with E-state index in [-0.39, 0.29) is 11.1 Å². The lowest BCUT2D eigenvalue weighted by Gasteiger charge is -2.58. The Balaban J connectivity index is 0.000000242. The zero-order valence-corrected chi connectivity index (χ0v) is 70.7. The quantitative estimate of drug-likeness (QED) is 0.199. The first-order valence-corrected chi connectivity index (χ1v) is 41.0. The van der Waals surface area contributed by atoms with Crippen LogP contribution in [0.25, 0.3) is 0 Å². The van der Waals surface area contributed by atoms with Gasteiger partial charge in [-0.25, -0.2) is 0 Å². The Hall–Kier alpha value is -1.34. The summed E-state index contributed by atoms with van der Waals surface area (Å²) in [5, 5.41) is 14.3. The molecular weight excluding hydrogens is 1220 g/mol. The molecule has 0 spiro atoms. The molecule has 99 heavy (non-hydrogen) atoms. The number of likely N-dealkylation sites (tertiary alicyclic amines) is 3. The summed E-state index contributed by atoms with van der Waals surface area (Å²) in [4.78, 5) is 20.3. The van der Waals surface area contributed by atoms with Gasteiger partial charge in [0.2, 0.25) is 0 Å². The molecule has 14 nitrogen and oxygen atoms in total. The van der Waals surface area contributed by atoms with Crippen molar-refractivity contribution in [1.29, 1.82) is 0 Å². The highest BCUT2D eigenvalue weighted by atomic mass is 16.5. The largest absolute Gasteiger partial charge is 0.379 e. The normalized spacial score (nSPS) is 26.0. The highest BCUT2D eigenvalue weighted by Gasteiger charge is 2.51. The highest BCUT2D eigenvalue weighted by molar-refractivity contribution is 5.15. The summed E-state index contributed by atoms with van der Waals surface area (Å²) in [5.41, 5.74) is 4.51. The number of piperazine rings is 2. The molecule has 7 saturated heterocycles. The van der Waals surface area contributed by atoms with E-state index in [1.165, 1.54) is 148 Å². The molecule has 0 aromatic heterocycles. The molecule has 4 aliphatic carbocycles. The molecule has 7 heterocycles. The van der Waals surface area contributed by atoms with Crippen LogP contribution in [0.5, 0.6) is 0 Å². The van der Waals surface area contributed by atoms with Crippen LogP contribution in [0.15, 0.2) is 30.3 Å². The van der Waals surface area contributed by atoms with Gasteiger partial charge in [0.25, 0.3) is 0 Å². The third-order valence-electron chi connectivity index (χ3n) is 22.3. The summed E-state index contributed by atoms with van der Waals surface area (Å²) >= 11 is 0. The Kier molecular flexibility index (Phi) is 38.4. The van der Waals surface area contributed by atoms with E-state index in [9.17, 15) is 0 Å². The molecule has 4 bridgehead atoms. The molecule has 0 radical (unpaired) electrons. The molecule has 4 saturated carbocycles. The average molecular weight is 1390 g/mol. The molecule has 11 aliphatic rings. The van der Waals surface area contributed by atoms with E-state index in [4.69, 9.17) is 9.47 Å². The number of rotatable bonds is 8. The Morgan fingerprint density at radius 1 is 0.424 bits per heavy atom. The number of morpholine rings is 2. The standard InChI is InChI=1S/C14H28N2.C14H25N.C12H19N.C10H22N2O.C10H21N.C9H20N2.C8H18N2.C8H17NO/c1-14(2,3)16-11-7-13(8-12-16)15-9-5-4-6-10-15;1-13(2,3)15-14-7-10-4-11(8-14)6-12(5-10)9-14;1-12(2,3)13-10-9-11-7-5-4-6-8-11;1-10(2,3)11-4-5-12-6-8-13-9-7-12;1-9-5-7-11(8-6-9)10(2,3)4;1-9(2,3)11-7-5-10(4)6-8-11;1-8(2,3)10-6-4-9-5-7-10;1-8(2,3)9-4-6-10-7-5-9/h13H,4-12H2,1-3H3;10-12,15H,4-9H2,1-3H3;4-8,13H,9-10H2,1-3H3;11H,4-9H2,1-3H3;9H,5-8H2,1-4H3;5-8H2,1-4H3;9H,4-7H2,1-3H3;4-7H2,1-3H3. The zero-order chi connectivity index (χ0) is 73.9. The predicted octanol–water partition coefficient (Wildman–Crippen LogP) is 14.8. The van der Waals surface area contributed by atoms with Crippen LogP contribution in [-0.4, -0.2) is 266 Å². The van der Waals surface area contributed by atoms with E-state index >= 15 is 0 Å². The minimum atomic E-state index is 0.231. The van der Waals surface area contributed by atoms with Gasteiger partial charge in [-0.05, 0) is 319 Å². The van der Waals surface area contributed by atoms with Crippen LogP contribution in [-0.2, 0) is 15.9 Å². The second-order valence-electron chi connectivity index (χ2n) is 40.1. The molecule has 0 unspecified atom stereocenters. The second kappa shape index (κ2) is 42.3. The van der Waals surface area contributed by atoms with Crippen molar-refractivity contribution >= 4 is 0 Å². The van der Waals surface area contributed by atoms with Gasteiger partial charge >= 0.3 is 0 Å². The van der Waals surface area contributed by atoms with Gasteiger partial charge in [-0.15, -0.1) is 0 Å². The van der Waals surface area contributed by atoms with Gasteiger partial charge < -0.3 is 40.5 Å². The maximum absolute atomic E-state index is 5.28. The summed E-state index contributed by atoms with van der Waals surface area (Å²) in [6.07, 6.45) is 20.0. The fourth-order valence-electron chi connectivity index (χ4n) is 16.6. The molecule has 7 aliphatic heterocycles. The van der Waals surface area contributed by atoms with Crippen molar-refractivity contribution in [2.75, 3.05) is 171 Å². The number of ether oxygens (including phenoxy) is 2. The van der Waals surface area contributed by atoms with E-state index in [1.54, 1.807) is 19.3 Å². The summed E-state index contributed by atoms with van der Waals surface area (Å²) < 4.78 is 10.5. The van der Waals surface area contributed by atoms with Crippen molar-refractivity contribution in [2.24, 2.45) is 23.7 Å².